The lowest BCUT2D eigenvalue weighted by Crippen LogP contribution is -2.43. The minimum Gasteiger partial charge on any atom is -0.374 e. The third-order valence-electron chi connectivity index (χ3n) is 3.54. The normalized spacial score (nSPS) is 32.5. The first-order chi connectivity index (χ1) is 8.26. The molecular formula is C13H19NO2S. The van der Waals surface area contributed by atoms with E-state index in [-0.39, 0.29) is 11.5 Å². The molecule has 0 amide bonds. The predicted octanol–water partition coefficient (Wildman–Crippen LogP) is 1.08. The monoisotopic (exact) mass is 253 g/mol. The van der Waals surface area contributed by atoms with Crippen LogP contribution < -0.4 is 5.32 Å². The molecule has 0 radical (unpaired) electrons. The topological polar surface area (TPSA) is 38.3 Å². The Hall–Kier alpha value is -0.500. The van der Waals surface area contributed by atoms with Gasteiger partial charge in [0.05, 0.1) is 18.7 Å². The van der Waals surface area contributed by atoms with Gasteiger partial charge in [-0.1, -0.05) is 5.92 Å². The van der Waals surface area contributed by atoms with E-state index in [1.165, 1.54) is 0 Å². The fourth-order valence-electron chi connectivity index (χ4n) is 2.57. The van der Waals surface area contributed by atoms with Gasteiger partial charge in [0.2, 0.25) is 0 Å². The molecule has 2 heterocycles. The van der Waals surface area contributed by atoms with E-state index in [9.17, 15) is 4.79 Å². The van der Waals surface area contributed by atoms with E-state index in [1.54, 1.807) is 0 Å². The van der Waals surface area contributed by atoms with Gasteiger partial charge in [0.25, 0.3) is 0 Å². The Balaban J connectivity index is 1.84. The van der Waals surface area contributed by atoms with Crippen molar-refractivity contribution in [3.05, 3.63) is 0 Å². The molecule has 2 rings (SSSR count). The highest BCUT2D eigenvalue weighted by Crippen LogP contribution is 2.40. The highest BCUT2D eigenvalue weighted by molar-refractivity contribution is 7.99. The maximum Gasteiger partial charge on any atom is 0.149 e. The number of hydrogen-bond acceptors (Lipinski definition) is 4. The zero-order chi connectivity index (χ0) is 12.1. The third kappa shape index (κ3) is 3.25. The average Bonchev–Trinajstić information content (AvgIpc) is 2.77. The van der Waals surface area contributed by atoms with Gasteiger partial charge in [0.1, 0.15) is 5.78 Å². The van der Waals surface area contributed by atoms with E-state index in [0.29, 0.717) is 18.9 Å². The number of ether oxygens (including phenoxy) is 1. The number of hydrogen-bond donors (Lipinski definition) is 1. The standard InChI is InChI=1S/C13H19NO2S/c1-2-5-14-9-12(15)11-3-6-16-13(8-11)4-7-17-10-13/h1,11,14H,3-10H2. The van der Waals surface area contributed by atoms with E-state index in [0.717, 1.165) is 37.4 Å². The molecule has 0 aliphatic carbocycles. The SMILES string of the molecule is C#CCNCC(=O)C1CCOC2(CCSC2)C1. The molecule has 2 atom stereocenters. The van der Waals surface area contributed by atoms with Crippen molar-refractivity contribution in [3.63, 3.8) is 0 Å². The molecule has 94 valence electrons. The van der Waals surface area contributed by atoms with Crippen molar-refractivity contribution in [2.75, 3.05) is 31.2 Å². The Morgan fingerprint density at radius 1 is 1.65 bits per heavy atom. The highest BCUT2D eigenvalue weighted by Gasteiger charge is 2.42. The Morgan fingerprint density at radius 3 is 3.24 bits per heavy atom. The molecule has 0 bridgehead atoms. The second-order valence-corrected chi connectivity index (χ2v) is 5.90. The van der Waals surface area contributed by atoms with E-state index >= 15 is 0 Å². The van der Waals surface area contributed by atoms with E-state index < -0.39 is 0 Å². The van der Waals surface area contributed by atoms with Gasteiger partial charge in [0.15, 0.2) is 0 Å². The van der Waals surface area contributed by atoms with Crippen molar-refractivity contribution in [3.8, 4) is 12.3 Å². The van der Waals surface area contributed by atoms with Crippen LogP contribution in [0.25, 0.3) is 0 Å². The summed E-state index contributed by atoms with van der Waals surface area (Å²) in [6, 6.07) is 0. The lowest BCUT2D eigenvalue weighted by molar-refractivity contribution is -0.133. The largest absolute Gasteiger partial charge is 0.374 e. The smallest absolute Gasteiger partial charge is 0.149 e. The zero-order valence-corrected chi connectivity index (χ0v) is 10.9. The van der Waals surface area contributed by atoms with Crippen molar-refractivity contribution in [1.82, 2.24) is 5.32 Å². The molecule has 0 aromatic rings. The van der Waals surface area contributed by atoms with Gasteiger partial charge in [0, 0.05) is 18.3 Å². The molecule has 2 aliphatic heterocycles. The molecule has 17 heavy (non-hydrogen) atoms. The van der Waals surface area contributed by atoms with Crippen LogP contribution in [0.2, 0.25) is 0 Å². The molecule has 0 aromatic heterocycles. The number of terminal acetylenes is 1. The Bertz CT molecular complexity index is 318. The number of carbonyl (C=O) groups excluding carboxylic acids is 1. The average molecular weight is 253 g/mol. The van der Waals surface area contributed by atoms with Crippen LogP contribution in [0.3, 0.4) is 0 Å². The first kappa shape index (κ1) is 12.9. The molecule has 3 nitrogen and oxygen atoms in total. The summed E-state index contributed by atoms with van der Waals surface area (Å²) in [7, 11) is 0. The second-order valence-electron chi connectivity index (χ2n) is 4.80. The number of thioether (sulfide) groups is 1. The molecule has 2 unspecified atom stereocenters. The summed E-state index contributed by atoms with van der Waals surface area (Å²) in [5, 5.41) is 2.98. The summed E-state index contributed by atoms with van der Waals surface area (Å²) in [5.74, 6) is 5.15. The summed E-state index contributed by atoms with van der Waals surface area (Å²) in [6.45, 7) is 1.60. The van der Waals surface area contributed by atoms with Crippen LogP contribution in [0, 0.1) is 18.3 Å². The maximum atomic E-state index is 12.0. The number of Topliss-reactive ketones (excluding diaryl/α,β-unsaturated/α-hetero) is 1. The zero-order valence-electron chi connectivity index (χ0n) is 10.0. The highest BCUT2D eigenvalue weighted by atomic mass is 32.2. The van der Waals surface area contributed by atoms with Crippen LogP contribution in [0.5, 0.6) is 0 Å². The summed E-state index contributed by atoms with van der Waals surface area (Å²) in [5.41, 5.74) is -0.00460. The van der Waals surface area contributed by atoms with Gasteiger partial charge in [-0.15, -0.1) is 6.42 Å². The van der Waals surface area contributed by atoms with E-state index in [1.807, 2.05) is 11.8 Å². The fourth-order valence-corrected chi connectivity index (χ4v) is 3.95. The Kier molecular flexibility index (Phi) is 4.49. The Morgan fingerprint density at radius 2 is 2.53 bits per heavy atom. The molecule has 2 fully saturated rings. The molecule has 1 N–H and O–H groups in total. The van der Waals surface area contributed by atoms with Gasteiger partial charge in [-0.2, -0.15) is 11.8 Å². The first-order valence-corrected chi connectivity index (χ1v) is 7.30. The molecular weight excluding hydrogens is 234 g/mol. The van der Waals surface area contributed by atoms with Gasteiger partial charge in [-0.3, -0.25) is 10.1 Å². The van der Waals surface area contributed by atoms with Gasteiger partial charge >= 0.3 is 0 Å². The molecule has 0 aromatic carbocycles. The molecule has 1 spiro atoms. The van der Waals surface area contributed by atoms with E-state index in [4.69, 9.17) is 11.2 Å². The van der Waals surface area contributed by atoms with Crippen molar-refractivity contribution >= 4 is 17.5 Å². The molecule has 4 heteroatoms. The minimum absolute atomic E-state index is 0.00460. The summed E-state index contributed by atoms with van der Waals surface area (Å²) in [4.78, 5) is 12.0. The first-order valence-electron chi connectivity index (χ1n) is 6.14. The number of ketones is 1. The van der Waals surface area contributed by atoms with E-state index in [2.05, 4.69) is 11.2 Å². The van der Waals surface area contributed by atoms with Crippen LogP contribution in [0.4, 0.5) is 0 Å². The quantitative estimate of drug-likeness (QED) is 0.601. The van der Waals surface area contributed by atoms with Crippen LogP contribution in [-0.4, -0.2) is 42.6 Å². The minimum atomic E-state index is -0.00460. The molecule has 0 saturated carbocycles. The predicted molar refractivity (Wildman–Crippen MR) is 70.1 cm³/mol. The summed E-state index contributed by atoms with van der Waals surface area (Å²) in [6.07, 6.45) is 8.00. The van der Waals surface area contributed by atoms with Crippen LogP contribution in [0.1, 0.15) is 19.3 Å². The lowest BCUT2D eigenvalue weighted by atomic mass is 9.83. The van der Waals surface area contributed by atoms with Crippen LogP contribution in [-0.2, 0) is 9.53 Å². The van der Waals surface area contributed by atoms with Crippen molar-refractivity contribution in [2.24, 2.45) is 5.92 Å². The van der Waals surface area contributed by atoms with Crippen molar-refractivity contribution in [2.45, 2.75) is 24.9 Å². The number of carbonyl (C=O) groups is 1. The van der Waals surface area contributed by atoms with Crippen molar-refractivity contribution in [1.29, 1.82) is 0 Å². The van der Waals surface area contributed by atoms with Gasteiger partial charge in [-0.05, 0) is 25.0 Å². The summed E-state index contributed by atoms with van der Waals surface area (Å²) < 4.78 is 5.91. The van der Waals surface area contributed by atoms with Crippen LogP contribution >= 0.6 is 11.8 Å². The van der Waals surface area contributed by atoms with Gasteiger partial charge < -0.3 is 4.74 Å². The molecule has 2 saturated heterocycles. The van der Waals surface area contributed by atoms with Crippen LogP contribution in [0.15, 0.2) is 0 Å². The van der Waals surface area contributed by atoms with Gasteiger partial charge in [-0.25, -0.2) is 0 Å². The fraction of sp³-hybridized carbons (Fsp3) is 0.769. The second kappa shape index (κ2) is 5.90. The lowest BCUT2D eigenvalue weighted by Gasteiger charge is -2.37. The third-order valence-corrected chi connectivity index (χ3v) is 4.76. The number of rotatable bonds is 4. The van der Waals surface area contributed by atoms with Crippen molar-refractivity contribution < 1.29 is 9.53 Å². The molecule has 2 aliphatic rings. The summed E-state index contributed by atoms with van der Waals surface area (Å²) >= 11 is 1.94. The maximum absolute atomic E-state index is 12.0. The Labute approximate surface area is 107 Å². The number of nitrogens with one attached hydrogen (secondary N) is 1.